The Morgan fingerprint density at radius 3 is 2.45 bits per heavy atom. The molecule has 22 heavy (non-hydrogen) atoms. The van der Waals surface area contributed by atoms with Crippen molar-refractivity contribution >= 4 is 50.4 Å². The molecule has 1 N–H and O–H groups in total. The third kappa shape index (κ3) is 3.56. The molecule has 1 aromatic heterocycles. The quantitative estimate of drug-likeness (QED) is 0.426. The number of oxazole rings is 1. The van der Waals surface area contributed by atoms with Crippen molar-refractivity contribution in [1.29, 1.82) is 0 Å². The van der Waals surface area contributed by atoms with Gasteiger partial charge in [0, 0.05) is 13.6 Å². The molecule has 0 aliphatic heterocycles. The Balaban J connectivity index is 1.86. The van der Waals surface area contributed by atoms with Crippen LogP contribution in [0.3, 0.4) is 0 Å². The molecular weight excluding hydrogens is 459 g/mol. The summed E-state index contributed by atoms with van der Waals surface area (Å²) >= 11 is 5.60. The van der Waals surface area contributed by atoms with E-state index in [1.165, 1.54) is 6.21 Å². The van der Waals surface area contributed by atoms with Gasteiger partial charge in [-0.3, -0.25) is 4.99 Å². The van der Waals surface area contributed by atoms with E-state index in [0.717, 1.165) is 19.3 Å². The minimum atomic E-state index is -0.243. The Bertz CT molecular complexity index is 811. The van der Waals surface area contributed by atoms with E-state index in [2.05, 4.69) is 48.5 Å². The molecule has 1 heterocycles. The smallest absolute Gasteiger partial charge is 0.312 e. The number of aromatic nitrogens is 1. The lowest BCUT2D eigenvalue weighted by molar-refractivity contribution is 0.337. The van der Waals surface area contributed by atoms with Crippen LogP contribution < -0.4 is 0 Å². The summed E-state index contributed by atoms with van der Waals surface area (Å²) in [5.41, 5.74) is 1.87. The minimum Gasteiger partial charge on any atom is -0.479 e. The Hall–Kier alpha value is -1.67. The van der Waals surface area contributed by atoms with E-state index < -0.39 is 0 Å². The number of rotatable bonds is 3. The van der Waals surface area contributed by atoms with E-state index >= 15 is 0 Å². The number of nitrogens with zero attached hydrogens (tertiary/aromatic N) is 2. The second-order valence-electron chi connectivity index (χ2n) is 4.45. The highest BCUT2D eigenvalue weighted by Crippen LogP contribution is 2.27. The molecule has 0 radical (unpaired) electrons. The van der Waals surface area contributed by atoms with E-state index in [1.807, 2.05) is 48.5 Å². The fourth-order valence-electron chi connectivity index (χ4n) is 1.79. The predicted octanol–water partition coefficient (Wildman–Crippen LogP) is 5.16. The summed E-state index contributed by atoms with van der Waals surface area (Å²) in [4.78, 5) is 8.54. The fraction of sp³-hybridized carbons (Fsp3) is 0. The Kier molecular flexibility index (Phi) is 4.58. The molecule has 0 fully saturated rings. The Morgan fingerprint density at radius 2 is 1.77 bits per heavy atom. The SMILES string of the molecule is Oc1oc(-c2ccc(Br)cc2)nc1C=Nc1ccc(I)cc1. The van der Waals surface area contributed by atoms with Gasteiger partial charge in [-0.1, -0.05) is 15.9 Å². The predicted molar refractivity (Wildman–Crippen MR) is 97.7 cm³/mol. The van der Waals surface area contributed by atoms with Gasteiger partial charge in [0.2, 0.25) is 5.89 Å². The highest BCUT2D eigenvalue weighted by molar-refractivity contribution is 14.1. The lowest BCUT2D eigenvalue weighted by Gasteiger charge is -1.94. The first-order valence-corrected chi connectivity index (χ1v) is 8.24. The summed E-state index contributed by atoms with van der Waals surface area (Å²) in [5.74, 6) is 0.112. The van der Waals surface area contributed by atoms with Crippen molar-refractivity contribution in [2.75, 3.05) is 0 Å². The van der Waals surface area contributed by atoms with Crippen molar-refractivity contribution in [3.8, 4) is 17.4 Å². The van der Waals surface area contributed by atoms with E-state index in [9.17, 15) is 5.11 Å². The van der Waals surface area contributed by atoms with Crippen molar-refractivity contribution in [3.63, 3.8) is 0 Å². The Labute approximate surface area is 149 Å². The topological polar surface area (TPSA) is 58.6 Å². The minimum absolute atomic E-state index is 0.243. The molecule has 0 spiro atoms. The maximum Gasteiger partial charge on any atom is 0.312 e. The highest BCUT2D eigenvalue weighted by atomic mass is 127. The van der Waals surface area contributed by atoms with Gasteiger partial charge in [-0.2, -0.15) is 0 Å². The summed E-state index contributed by atoms with van der Waals surface area (Å²) in [7, 11) is 0. The fourth-order valence-corrected chi connectivity index (χ4v) is 2.41. The van der Waals surface area contributed by atoms with Gasteiger partial charge in [-0.05, 0) is 71.1 Å². The van der Waals surface area contributed by atoms with Crippen LogP contribution in [-0.2, 0) is 0 Å². The van der Waals surface area contributed by atoms with Crippen LogP contribution in [0.25, 0.3) is 11.5 Å². The van der Waals surface area contributed by atoms with Gasteiger partial charge in [0.05, 0.1) is 11.9 Å². The third-order valence-electron chi connectivity index (χ3n) is 2.89. The van der Waals surface area contributed by atoms with Gasteiger partial charge >= 0.3 is 5.95 Å². The van der Waals surface area contributed by atoms with Crippen molar-refractivity contribution in [3.05, 3.63) is 62.3 Å². The molecule has 0 amide bonds. The van der Waals surface area contributed by atoms with Crippen LogP contribution in [0.5, 0.6) is 5.95 Å². The number of halogens is 2. The van der Waals surface area contributed by atoms with Crippen molar-refractivity contribution in [1.82, 2.24) is 4.98 Å². The van der Waals surface area contributed by atoms with Crippen LogP contribution in [-0.4, -0.2) is 16.3 Å². The van der Waals surface area contributed by atoms with Crippen LogP contribution in [0.4, 0.5) is 5.69 Å². The molecule has 0 aliphatic rings. The second-order valence-corrected chi connectivity index (χ2v) is 6.61. The first-order valence-electron chi connectivity index (χ1n) is 6.37. The van der Waals surface area contributed by atoms with Crippen LogP contribution in [0.15, 0.2) is 62.4 Å². The summed E-state index contributed by atoms with van der Waals surface area (Å²) in [6, 6.07) is 15.2. The Morgan fingerprint density at radius 1 is 1.09 bits per heavy atom. The monoisotopic (exact) mass is 468 g/mol. The van der Waals surface area contributed by atoms with E-state index in [4.69, 9.17) is 4.42 Å². The molecule has 3 aromatic rings. The number of hydrogen-bond acceptors (Lipinski definition) is 4. The molecule has 4 nitrogen and oxygen atoms in total. The normalized spacial score (nSPS) is 11.2. The van der Waals surface area contributed by atoms with Crippen molar-refractivity contribution in [2.45, 2.75) is 0 Å². The first kappa shape index (κ1) is 15.2. The number of hydrogen-bond donors (Lipinski definition) is 1. The average Bonchev–Trinajstić information content (AvgIpc) is 2.88. The van der Waals surface area contributed by atoms with Crippen LogP contribution >= 0.6 is 38.5 Å². The van der Waals surface area contributed by atoms with Crippen LogP contribution in [0.2, 0.25) is 0 Å². The molecule has 6 heteroatoms. The standard InChI is InChI=1S/C16H10BrIN2O2/c17-11-3-1-10(2-4-11)15-20-14(16(21)22-15)9-19-13-7-5-12(18)6-8-13/h1-9,21H. The molecule has 0 unspecified atom stereocenters. The number of aliphatic imine (C=N–C) groups is 1. The zero-order chi connectivity index (χ0) is 15.5. The molecule has 3 rings (SSSR count). The molecule has 0 aliphatic carbocycles. The second kappa shape index (κ2) is 6.62. The zero-order valence-electron chi connectivity index (χ0n) is 11.2. The van der Waals surface area contributed by atoms with Gasteiger partial charge in [-0.15, -0.1) is 0 Å². The molecule has 0 saturated heterocycles. The average molecular weight is 469 g/mol. The molecule has 0 bridgehead atoms. The molecule has 0 atom stereocenters. The molecular formula is C16H10BrIN2O2. The number of aromatic hydroxyl groups is 1. The maximum atomic E-state index is 9.84. The zero-order valence-corrected chi connectivity index (χ0v) is 14.9. The number of benzene rings is 2. The largest absolute Gasteiger partial charge is 0.479 e. The molecule has 0 saturated carbocycles. The van der Waals surface area contributed by atoms with Crippen LogP contribution in [0, 0.1) is 3.57 Å². The summed E-state index contributed by atoms with van der Waals surface area (Å²) in [6.07, 6.45) is 1.49. The van der Waals surface area contributed by atoms with E-state index in [0.29, 0.717) is 11.6 Å². The molecule has 2 aromatic carbocycles. The van der Waals surface area contributed by atoms with Gasteiger partial charge in [0.25, 0.3) is 0 Å². The lowest BCUT2D eigenvalue weighted by atomic mass is 10.2. The summed E-state index contributed by atoms with van der Waals surface area (Å²) in [5, 5.41) is 9.84. The van der Waals surface area contributed by atoms with Crippen molar-refractivity contribution < 1.29 is 9.52 Å². The third-order valence-corrected chi connectivity index (χ3v) is 4.14. The lowest BCUT2D eigenvalue weighted by Crippen LogP contribution is -1.82. The maximum absolute atomic E-state index is 9.84. The van der Waals surface area contributed by atoms with Gasteiger partial charge in [-0.25, -0.2) is 4.98 Å². The summed E-state index contributed by atoms with van der Waals surface area (Å²) < 4.78 is 7.39. The van der Waals surface area contributed by atoms with Gasteiger partial charge in [0.1, 0.15) is 0 Å². The van der Waals surface area contributed by atoms with Crippen LogP contribution in [0.1, 0.15) is 5.69 Å². The van der Waals surface area contributed by atoms with Crippen molar-refractivity contribution in [2.24, 2.45) is 4.99 Å². The first-order chi connectivity index (χ1) is 10.6. The van der Waals surface area contributed by atoms with E-state index in [-0.39, 0.29) is 5.95 Å². The highest BCUT2D eigenvalue weighted by Gasteiger charge is 2.12. The van der Waals surface area contributed by atoms with E-state index in [1.54, 1.807) is 0 Å². The molecule has 110 valence electrons. The summed E-state index contributed by atoms with van der Waals surface area (Å²) in [6.45, 7) is 0. The van der Waals surface area contributed by atoms with Gasteiger partial charge < -0.3 is 9.52 Å². The van der Waals surface area contributed by atoms with Gasteiger partial charge in [0.15, 0.2) is 5.69 Å².